The summed E-state index contributed by atoms with van der Waals surface area (Å²) in [5.41, 5.74) is 1.65. The summed E-state index contributed by atoms with van der Waals surface area (Å²) < 4.78 is 2.05. The summed E-state index contributed by atoms with van der Waals surface area (Å²) in [5, 5.41) is 4.70. The molecule has 3 fully saturated rings. The number of likely N-dealkylation sites (tertiary alicyclic amines) is 2. The van der Waals surface area contributed by atoms with E-state index < -0.39 is 0 Å². The molecule has 3 heterocycles. The average molecular weight is 387 g/mol. The number of rotatable bonds is 3. The Balaban J connectivity index is 1.39. The van der Waals surface area contributed by atoms with Gasteiger partial charge in [-0.1, -0.05) is 0 Å². The fraction of sp³-hybridized carbons (Fsp3) is 0.773. The van der Waals surface area contributed by atoms with Crippen molar-refractivity contribution in [2.45, 2.75) is 77.2 Å². The van der Waals surface area contributed by atoms with Gasteiger partial charge in [-0.3, -0.25) is 14.3 Å². The number of nitrogens with zero attached hydrogens (tertiary/aromatic N) is 4. The van der Waals surface area contributed by atoms with E-state index in [9.17, 15) is 9.59 Å². The Morgan fingerprint density at radius 3 is 2.14 bits per heavy atom. The summed E-state index contributed by atoms with van der Waals surface area (Å²) in [4.78, 5) is 29.7. The lowest BCUT2D eigenvalue weighted by molar-refractivity contribution is -0.137. The van der Waals surface area contributed by atoms with E-state index in [1.54, 1.807) is 0 Å². The van der Waals surface area contributed by atoms with E-state index in [0.29, 0.717) is 30.6 Å². The average Bonchev–Trinajstić information content (AvgIpc) is 3.44. The molecule has 1 aromatic heterocycles. The summed E-state index contributed by atoms with van der Waals surface area (Å²) in [6.45, 7) is 9.54. The molecule has 1 saturated carbocycles. The van der Waals surface area contributed by atoms with Gasteiger partial charge in [0.15, 0.2) is 5.69 Å². The zero-order chi connectivity index (χ0) is 19.9. The molecule has 0 unspecified atom stereocenters. The molecule has 2 saturated heterocycles. The van der Waals surface area contributed by atoms with E-state index in [4.69, 9.17) is 5.10 Å². The Hall–Kier alpha value is -1.85. The highest BCUT2D eigenvalue weighted by Gasteiger charge is 2.35. The molecule has 0 aromatic carbocycles. The Kier molecular flexibility index (Phi) is 5.23. The lowest BCUT2D eigenvalue weighted by Gasteiger charge is -2.35. The van der Waals surface area contributed by atoms with Gasteiger partial charge in [-0.05, 0) is 71.8 Å². The molecule has 0 radical (unpaired) electrons. The summed E-state index contributed by atoms with van der Waals surface area (Å²) in [5.74, 6) is 0.964. The van der Waals surface area contributed by atoms with Gasteiger partial charge in [-0.2, -0.15) is 5.10 Å². The minimum atomic E-state index is -0.121. The van der Waals surface area contributed by atoms with Crippen LogP contribution in [0.3, 0.4) is 0 Å². The standard InChI is InChI=1S/C22H34N4O2/c1-22(2,3)26-19(16-7-8-16)15-18(23-26)21(28)25-13-9-17(10-14-25)20(27)24-11-5-4-6-12-24/h15-17H,4-14H2,1-3H3. The molecule has 28 heavy (non-hydrogen) atoms. The number of aromatic nitrogens is 2. The van der Waals surface area contributed by atoms with Crippen LogP contribution in [0.4, 0.5) is 0 Å². The molecule has 3 aliphatic rings. The molecule has 2 amide bonds. The van der Waals surface area contributed by atoms with E-state index in [1.807, 2.05) is 20.5 Å². The fourth-order valence-corrected chi connectivity index (χ4v) is 4.57. The Morgan fingerprint density at radius 1 is 0.929 bits per heavy atom. The Bertz CT molecular complexity index is 730. The van der Waals surface area contributed by atoms with Crippen molar-refractivity contribution in [3.63, 3.8) is 0 Å². The molecule has 1 aromatic rings. The van der Waals surface area contributed by atoms with Gasteiger partial charge >= 0.3 is 0 Å². The van der Waals surface area contributed by atoms with Gasteiger partial charge in [0.25, 0.3) is 5.91 Å². The normalized spacial score (nSPS) is 21.8. The Labute approximate surface area is 168 Å². The number of amides is 2. The fourth-order valence-electron chi connectivity index (χ4n) is 4.57. The van der Waals surface area contributed by atoms with Gasteiger partial charge in [-0.15, -0.1) is 0 Å². The van der Waals surface area contributed by atoms with Gasteiger partial charge in [0.1, 0.15) is 0 Å². The van der Waals surface area contributed by atoms with Crippen LogP contribution in [0.1, 0.15) is 87.8 Å². The zero-order valence-corrected chi connectivity index (χ0v) is 17.6. The zero-order valence-electron chi connectivity index (χ0n) is 17.6. The summed E-state index contributed by atoms with van der Waals surface area (Å²) in [6, 6.07) is 2.01. The van der Waals surface area contributed by atoms with Crippen LogP contribution < -0.4 is 0 Å². The third-order valence-corrected chi connectivity index (χ3v) is 6.39. The van der Waals surface area contributed by atoms with Crippen LogP contribution in [0.15, 0.2) is 6.07 Å². The lowest BCUT2D eigenvalue weighted by Crippen LogP contribution is -2.45. The second-order valence-electron chi connectivity index (χ2n) is 9.76. The first kappa shape index (κ1) is 19.5. The van der Waals surface area contributed by atoms with Crippen LogP contribution in [0.2, 0.25) is 0 Å². The molecule has 1 aliphatic carbocycles. The van der Waals surface area contributed by atoms with Crippen LogP contribution in [0.5, 0.6) is 0 Å². The first-order valence-corrected chi connectivity index (χ1v) is 11.0. The van der Waals surface area contributed by atoms with Crippen molar-refractivity contribution in [2.24, 2.45) is 5.92 Å². The van der Waals surface area contributed by atoms with Gasteiger partial charge in [-0.25, -0.2) is 0 Å². The van der Waals surface area contributed by atoms with E-state index in [-0.39, 0.29) is 17.4 Å². The SMILES string of the molecule is CC(C)(C)n1nc(C(=O)N2CCC(C(=O)N3CCCCC3)CC2)cc1C1CC1. The van der Waals surface area contributed by atoms with E-state index in [1.165, 1.54) is 25.0 Å². The maximum absolute atomic E-state index is 13.1. The third-order valence-electron chi connectivity index (χ3n) is 6.39. The maximum Gasteiger partial charge on any atom is 0.274 e. The molecule has 0 spiro atoms. The van der Waals surface area contributed by atoms with Crippen molar-refractivity contribution in [2.75, 3.05) is 26.2 Å². The molecule has 0 N–H and O–H groups in total. The summed E-state index contributed by atoms with van der Waals surface area (Å²) >= 11 is 0. The van der Waals surface area contributed by atoms with Crippen molar-refractivity contribution in [3.05, 3.63) is 17.5 Å². The van der Waals surface area contributed by atoms with E-state index in [0.717, 1.165) is 38.8 Å². The molecule has 2 aliphatic heterocycles. The Morgan fingerprint density at radius 2 is 1.57 bits per heavy atom. The molecule has 4 rings (SSSR count). The van der Waals surface area contributed by atoms with Gasteiger partial charge in [0.05, 0.1) is 5.54 Å². The second kappa shape index (κ2) is 7.53. The number of carbonyl (C=O) groups is 2. The summed E-state index contributed by atoms with van der Waals surface area (Å²) in [6.07, 6.45) is 7.43. The monoisotopic (exact) mass is 386 g/mol. The lowest BCUT2D eigenvalue weighted by atomic mass is 9.94. The predicted molar refractivity (Wildman–Crippen MR) is 108 cm³/mol. The molecule has 6 heteroatoms. The van der Waals surface area contributed by atoms with Crippen LogP contribution in [0.25, 0.3) is 0 Å². The third kappa shape index (κ3) is 3.96. The number of piperidine rings is 2. The number of carbonyl (C=O) groups excluding carboxylic acids is 2. The first-order valence-electron chi connectivity index (χ1n) is 11.0. The van der Waals surface area contributed by atoms with Gasteiger partial charge in [0.2, 0.25) is 5.91 Å². The number of hydrogen-bond donors (Lipinski definition) is 0. The highest BCUT2D eigenvalue weighted by Crippen LogP contribution is 2.42. The smallest absolute Gasteiger partial charge is 0.274 e. The topological polar surface area (TPSA) is 58.4 Å². The number of hydrogen-bond acceptors (Lipinski definition) is 3. The van der Waals surface area contributed by atoms with Gasteiger partial charge < -0.3 is 9.80 Å². The first-order chi connectivity index (χ1) is 13.3. The molecular weight excluding hydrogens is 352 g/mol. The van der Waals surface area contributed by atoms with Crippen LogP contribution in [0, 0.1) is 5.92 Å². The van der Waals surface area contributed by atoms with Crippen LogP contribution in [-0.2, 0) is 10.3 Å². The molecule has 6 nitrogen and oxygen atoms in total. The summed E-state index contributed by atoms with van der Waals surface area (Å²) in [7, 11) is 0. The van der Waals surface area contributed by atoms with Gasteiger partial charge in [0, 0.05) is 43.7 Å². The minimum Gasteiger partial charge on any atom is -0.342 e. The van der Waals surface area contributed by atoms with Crippen molar-refractivity contribution < 1.29 is 9.59 Å². The van der Waals surface area contributed by atoms with Crippen LogP contribution in [-0.4, -0.2) is 57.6 Å². The molecule has 0 atom stereocenters. The van der Waals surface area contributed by atoms with Crippen molar-refractivity contribution in [3.8, 4) is 0 Å². The van der Waals surface area contributed by atoms with E-state index >= 15 is 0 Å². The minimum absolute atomic E-state index is 0.0220. The largest absolute Gasteiger partial charge is 0.342 e. The molecule has 0 bridgehead atoms. The quantitative estimate of drug-likeness (QED) is 0.800. The van der Waals surface area contributed by atoms with Crippen molar-refractivity contribution >= 4 is 11.8 Å². The highest BCUT2D eigenvalue weighted by atomic mass is 16.2. The highest BCUT2D eigenvalue weighted by molar-refractivity contribution is 5.92. The molecular formula is C22H34N4O2. The second-order valence-corrected chi connectivity index (χ2v) is 9.76. The molecule has 154 valence electrons. The van der Waals surface area contributed by atoms with Crippen LogP contribution >= 0.6 is 0 Å². The van der Waals surface area contributed by atoms with E-state index in [2.05, 4.69) is 20.8 Å². The predicted octanol–water partition coefficient (Wildman–Crippen LogP) is 3.38. The van der Waals surface area contributed by atoms with Crippen molar-refractivity contribution in [1.29, 1.82) is 0 Å². The van der Waals surface area contributed by atoms with Crippen molar-refractivity contribution in [1.82, 2.24) is 19.6 Å². The maximum atomic E-state index is 13.1.